The van der Waals surface area contributed by atoms with E-state index in [9.17, 15) is 4.79 Å². The summed E-state index contributed by atoms with van der Waals surface area (Å²) < 4.78 is 1.56. The number of carbonyl (C=O) groups excluding carboxylic acids is 1. The van der Waals surface area contributed by atoms with Gasteiger partial charge in [-0.25, -0.2) is 4.68 Å². The van der Waals surface area contributed by atoms with Crippen LogP contribution >= 0.6 is 0 Å². The Hall–Kier alpha value is -1.43. The predicted molar refractivity (Wildman–Crippen MR) is 75.0 cm³/mol. The van der Waals surface area contributed by atoms with Crippen molar-refractivity contribution < 1.29 is 9.90 Å². The Bertz CT molecular complexity index is 425. The molecule has 0 saturated heterocycles. The maximum Gasteiger partial charge on any atom is 0.242 e. The minimum absolute atomic E-state index is 0.00293. The molecule has 2 N–H and O–H groups in total. The lowest BCUT2D eigenvalue weighted by Crippen LogP contribution is -2.39. The van der Waals surface area contributed by atoms with Crippen molar-refractivity contribution >= 4 is 5.91 Å². The number of hydrogen-bond acceptors (Lipinski definition) is 4. The first-order chi connectivity index (χ1) is 9.67. The Labute approximate surface area is 119 Å². The molecule has 0 atom stereocenters. The largest absolute Gasteiger partial charge is 0.396 e. The topological polar surface area (TPSA) is 80.0 Å². The van der Waals surface area contributed by atoms with E-state index in [-0.39, 0.29) is 19.1 Å². The number of rotatable bonds is 6. The van der Waals surface area contributed by atoms with Gasteiger partial charge in [0.25, 0.3) is 0 Å². The molecule has 0 unspecified atom stereocenters. The molecule has 0 spiro atoms. The van der Waals surface area contributed by atoms with Gasteiger partial charge in [0.2, 0.25) is 5.91 Å². The van der Waals surface area contributed by atoms with Crippen LogP contribution in [0.25, 0.3) is 0 Å². The summed E-state index contributed by atoms with van der Waals surface area (Å²) >= 11 is 0. The lowest BCUT2D eigenvalue weighted by Gasteiger charge is -2.26. The normalized spacial score (nSPS) is 22.7. The van der Waals surface area contributed by atoms with Gasteiger partial charge in [-0.2, -0.15) is 0 Å². The Balaban J connectivity index is 1.75. The van der Waals surface area contributed by atoms with E-state index in [1.165, 1.54) is 12.8 Å². The highest BCUT2D eigenvalue weighted by Gasteiger charge is 2.19. The molecule has 1 aliphatic rings. The maximum absolute atomic E-state index is 11.9. The lowest BCUT2D eigenvalue weighted by atomic mass is 9.87. The highest BCUT2D eigenvalue weighted by Crippen LogP contribution is 2.23. The Morgan fingerprint density at radius 1 is 1.45 bits per heavy atom. The molecule has 1 saturated carbocycles. The second-order valence-corrected chi connectivity index (χ2v) is 5.76. The van der Waals surface area contributed by atoms with E-state index in [2.05, 4.69) is 22.6 Å². The Morgan fingerprint density at radius 2 is 2.20 bits per heavy atom. The van der Waals surface area contributed by atoms with Gasteiger partial charge in [0.05, 0.1) is 5.69 Å². The Morgan fingerprint density at radius 3 is 2.90 bits per heavy atom. The lowest BCUT2D eigenvalue weighted by molar-refractivity contribution is -0.122. The van der Waals surface area contributed by atoms with Gasteiger partial charge < -0.3 is 10.4 Å². The molecule has 0 aliphatic heterocycles. The number of aromatic nitrogens is 3. The molecule has 0 aromatic carbocycles. The van der Waals surface area contributed by atoms with Crippen LogP contribution in [0.2, 0.25) is 0 Å². The quantitative estimate of drug-likeness (QED) is 0.811. The van der Waals surface area contributed by atoms with Gasteiger partial charge in [-0.15, -0.1) is 5.10 Å². The van der Waals surface area contributed by atoms with E-state index in [4.69, 9.17) is 5.11 Å². The molecule has 1 aliphatic carbocycles. The van der Waals surface area contributed by atoms with Crippen molar-refractivity contribution in [1.82, 2.24) is 20.3 Å². The van der Waals surface area contributed by atoms with Crippen LogP contribution in [-0.4, -0.2) is 38.7 Å². The summed E-state index contributed by atoms with van der Waals surface area (Å²) in [6.07, 6.45) is 7.68. The molecule has 112 valence electrons. The van der Waals surface area contributed by atoms with Gasteiger partial charge in [0.15, 0.2) is 0 Å². The number of aryl methyl sites for hydroxylation is 1. The highest BCUT2D eigenvalue weighted by atomic mass is 16.2. The molecule has 6 nitrogen and oxygen atoms in total. The van der Waals surface area contributed by atoms with Crippen molar-refractivity contribution in [2.45, 2.75) is 58.0 Å². The summed E-state index contributed by atoms with van der Waals surface area (Å²) in [5.74, 6) is 0.788. The SMILES string of the molecule is CC1CCC(NC(=O)Cn2cc(CCCO)nn2)CC1. The number of hydrogen-bond donors (Lipinski definition) is 2. The standard InChI is InChI=1S/C14H24N4O2/c1-11-4-6-12(7-5-11)15-14(20)10-18-9-13(16-17-18)3-2-8-19/h9,11-12,19H,2-8,10H2,1H3,(H,15,20). The molecular formula is C14H24N4O2. The third-order valence-corrected chi connectivity index (χ3v) is 3.86. The molecule has 20 heavy (non-hydrogen) atoms. The number of aliphatic hydroxyl groups is 1. The van der Waals surface area contributed by atoms with Gasteiger partial charge in [0, 0.05) is 18.8 Å². The number of nitrogens with one attached hydrogen (secondary N) is 1. The van der Waals surface area contributed by atoms with Crippen LogP contribution in [0.3, 0.4) is 0 Å². The smallest absolute Gasteiger partial charge is 0.242 e. The van der Waals surface area contributed by atoms with Gasteiger partial charge in [-0.1, -0.05) is 12.1 Å². The molecule has 0 radical (unpaired) electrons. The number of carbonyl (C=O) groups is 1. The average Bonchev–Trinajstić information content (AvgIpc) is 2.86. The average molecular weight is 280 g/mol. The van der Waals surface area contributed by atoms with Gasteiger partial charge >= 0.3 is 0 Å². The van der Waals surface area contributed by atoms with Crippen molar-refractivity contribution in [2.75, 3.05) is 6.61 Å². The first-order valence-corrected chi connectivity index (χ1v) is 7.46. The van der Waals surface area contributed by atoms with Gasteiger partial charge in [-0.05, 0) is 44.4 Å². The number of nitrogens with zero attached hydrogens (tertiary/aromatic N) is 3. The molecule has 1 aromatic rings. The van der Waals surface area contributed by atoms with Crippen LogP contribution in [0, 0.1) is 5.92 Å². The zero-order valence-corrected chi connectivity index (χ0v) is 12.1. The van der Waals surface area contributed by atoms with Crippen molar-refractivity contribution in [1.29, 1.82) is 0 Å². The van der Waals surface area contributed by atoms with E-state index in [0.29, 0.717) is 18.9 Å². The fraction of sp³-hybridized carbons (Fsp3) is 0.786. The minimum atomic E-state index is 0.00293. The first-order valence-electron chi connectivity index (χ1n) is 7.46. The summed E-state index contributed by atoms with van der Waals surface area (Å²) in [6, 6.07) is 0.316. The van der Waals surface area contributed by atoms with Crippen molar-refractivity contribution in [3.8, 4) is 0 Å². The second kappa shape index (κ2) is 7.38. The van der Waals surface area contributed by atoms with Crippen LogP contribution < -0.4 is 5.32 Å². The highest BCUT2D eigenvalue weighted by molar-refractivity contribution is 5.75. The summed E-state index contributed by atoms with van der Waals surface area (Å²) in [5.41, 5.74) is 0.818. The van der Waals surface area contributed by atoms with Crippen LogP contribution in [0.15, 0.2) is 6.20 Å². The van der Waals surface area contributed by atoms with E-state index < -0.39 is 0 Å². The second-order valence-electron chi connectivity index (χ2n) is 5.76. The molecule has 2 rings (SSSR count). The summed E-state index contributed by atoms with van der Waals surface area (Å²) in [6.45, 7) is 2.63. The molecule has 1 amide bonds. The molecule has 1 aromatic heterocycles. The minimum Gasteiger partial charge on any atom is -0.396 e. The fourth-order valence-electron chi connectivity index (χ4n) is 2.62. The third-order valence-electron chi connectivity index (χ3n) is 3.86. The van der Waals surface area contributed by atoms with E-state index >= 15 is 0 Å². The monoisotopic (exact) mass is 280 g/mol. The van der Waals surface area contributed by atoms with Crippen molar-refractivity contribution in [2.24, 2.45) is 5.92 Å². The third kappa shape index (κ3) is 4.59. The summed E-state index contributed by atoms with van der Waals surface area (Å²) in [7, 11) is 0. The van der Waals surface area contributed by atoms with Crippen LogP contribution in [0.5, 0.6) is 0 Å². The summed E-state index contributed by atoms with van der Waals surface area (Å²) in [4.78, 5) is 11.9. The van der Waals surface area contributed by atoms with Crippen LogP contribution in [-0.2, 0) is 17.8 Å². The fourth-order valence-corrected chi connectivity index (χ4v) is 2.62. The molecule has 1 fully saturated rings. The number of aliphatic hydroxyl groups excluding tert-OH is 1. The van der Waals surface area contributed by atoms with Gasteiger partial charge in [-0.3, -0.25) is 4.79 Å². The maximum atomic E-state index is 11.9. The van der Waals surface area contributed by atoms with E-state index in [1.54, 1.807) is 10.9 Å². The Kier molecular flexibility index (Phi) is 5.52. The van der Waals surface area contributed by atoms with E-state index in [0.717, 1.165) is 24.5 Å². The molecule has 1 heterocycles. The number of amides is 1. The van der Waals surface area contributed by atoms with Gasteiger partial charge in [0.1, 0.15) is 6.54 Å². The summed E-state index contributed by atoms with van der Waals surface area (Å²) in [5, 5.41) is 19.8. The van der Waals surface area contributed by atoms with Crippen LogP contribution in [0.4, 0.5) is 0 Å². The predicted octanol–water partition coefficient (Wildman–Crippen LogP) is 0.898. The first kappa shape index (κ1) is 15.0. The molecular weight excluding hydrogens is 256 g/mol. The van der Waals surface area contributed by atoms with Crippen molar-refractivity contribution in [3.05, 3.63) is 11.9 Å². The zero-order valence-electron chi connectivity index (χ0n) is 12.1. The van der Waals surface area contributed by atoms with Crippen LogP contribution in [0.1, 0.15) is 44.7 Å². The van der Waals surface area contributed by atoms with E-state index in [1.807, 2.05) is 0 Å². The molecule has 0 bridgehead atoms. The molecule has 6 heteroatoms. The van der Waals surface area contributed by atoms with Crippen molar-refractivity contribution in [3.63, 3.8) is 0 Å². The zero-order chi connectivity index (χ0) is 14.4.